The number of carbonyl (C=O) groups excluding carboxylic acids is 2. The smallest absolute Gasteiger partial charge is 0.273 e. The van der Waals surface area contributed by atoms with Crippen LogP contribution in [0.25, 0.3) is 0 Å². The first kappa shape index (κ1) is 18.6. The zero-order valence-electron chi connectivity index (χ0n) is 16.4. The summed E-state index contributed by atoms with van der Waals surface area (Å²) >= 11 is 1.31. The molecule has 3 saturated heterocycles. The summed E-state index contributed by atoms with van der Waals surface area (Å²) in [6.07, 6.45) is 4.60. The molecular weight excluding hydrogens is 384 g/mol. The number of likely N-dealkylation sites (tertiary alicyclic amines) is 1. The molecule has 3 aliphatic heterocycles. The molecule has 3 fully saturated rings. The summed E-state index contributed by atoms with van der Waals surface area (Å²) in [4.78, 5) is 34.4. The van der Waals surface area contributed by atoms with Gasteiger partial charge in [0.05, 0.1) is 0 Å². The maximum Gasteiger partial charge on any atom is 0.273 e. The van der Waals surface area contributed by atoms with Crippen molar-refractivity contribution in [2.75, 3.05) is 18.8 Å². The lowest BCUT2D eigenvalue weighted by molar-refractivity contribution is -0.151. The van der Waals surface area contributed by atoms with Gasteiger partial charge in [-0.1, -0.05) is 30.3 Å². The molecule has 0 saturated carbocycles. The quantitative estimate of drug-likeness (QED) is 0.844. The Morgan fingerprint density at radius 3 is 2.76 bits per heavy atom. The minimum Gasteiger partial charge on any atom is -0.375 e. The third-order valence-corrected chi connectivity index (χ3v) is 7.49. The fourth-order valence-corrected chi connectivity index (χ4v) is 6.14. The van der Waals surface area contributed by atoms with Crippen LogP contribution in [0.4, 0.5) is 5.13 Å². The Morgan fingerprint density at radius 1 is 1.21 bits per heavy atom. The Hall–Kier alpha value is -2.41. The summed E-state index contributed by atoms with van der Waals surface area (Å²) in [5.74, 6) is 0.919. The maximum absolute atomic E-state index is 13.1. The van der Waals surface area contributed by atoms with Gasteiger partial charge in [0, 0.05) is 37.0 Å². The van der Waals surface area contributed by atoms with Gasteiger partial charge in [0.15, 0.2) is 5.13 Å². The zero-order valence-corrected chi connectivity index (χ0v) is 17.2. The van der Waals surface area contributed by atoms with Gasteiger partial charge in [0.25, 0.3) is 5.91 Å². The summed E-state index contributed by atoms with van der Waals surface area (Å²) in [6.45, 7) is 1.39. The Bertz CT molecular complexity index is 915. The highest BCUT2D eigenvalue weighted by molar-refractivity contribution is 7.13. The van der Waals surface area contributed by atoms with Crippen molar-refractivity contribution in [1.29, 1.82) is 0 Å². The van der Waals surface area contributed by atoms with Crippen LogP contribution in [0.1, 0.15) is 41.7 Å². The first-order valence-electron chi connectivity index (χ1n) is 10.5. The number of nitrogen functional groups attached to an aromatic ring is 1. The number of nitrogens with zero attached hydrogens (tertiary/aromatic N) is 3. The average molecular weight is 411 g/mol. The molecule has 3 aliphatic rings. The number of thiazole rings is 1. The van der Waals surface area contributed by atoms with Crippen LogP contribution >= 0.6 is 11.3 Å². The number of anilines is 1. The summed E-state index contributed by atoms with van der Waals surface area (Å²) in [5, 5.41) is 2.18. The molecule has 2 aromatic rings. The normalized spacial score (nSPS) is 28.9. The van der Waals surface area contributed by atoms with Crippen LogP contribution in [0.2, 0.25) is 0 Å². The third kappa shape index (κ3) is 3.41. The van der Waals surface area contributed by atoms with Crippen molar-refractivity contribution in [2.45, 2.75) is 44.2 Å². The van der Waals surface area contributed by atoms with E-state index in [0.717, 1.165) is 25.7 Å². The topological polar surface area (TPSA) is 79.5 Å². The lowest BCUT2D eigenvalue weighted by atomic mass is 9.70. The highest BCUT2D eigenvalue weighted by Crippen LogP contribution is 2.42. The average Bonchev–Trinajstić information content (AvgIpc) is 3.17. The predicted molar refractivity (Wildman–Crippen MR) is 112 cm³/mol. The van der Waals surface area contributed by atoms with Gasteiger partial charge in [-0.15, -0.1) is 11.3 Å². The van der Waals surface area contributed by atoms with Crippen molar-refractivity contribution < 1.29 is 9.59 Å². The van der Waals surface area contributed by atoms with E-state index in [2.05, 4.69) is 34.1 Å². The fourth-order valence-electron chi connectivity index (χ4n) is 5.61. The summed E-state index contributed by atoms with van der Waals surface area (Å²) < 4.78 is 0. The second kappa shape index (κ2) is 7.44. The van der Waals surface area contributed by atoms with Crippen LogP contribution < -0.4 is 5.73 Å². The van der Waals surface area contributed by atoms with E-state index in [4.69, 9.17) is 5.73 Å². The second-order valence-electron chi connectivity index (χ2n) is 8.55. The Balaban J connectivity index is 1.44. The number of amides is 2. The molecule has 2 N–H and O–H groups in total. The van der Waals surface area contributed by atoms with E-state index in [0.29, 0.717) is 48.1 Å². The van der Waals surface area contributed by atoms with E-state index in [1.807, 2.05) is 11.0 Å². The fraction of sp³-hybridized carbons (Fsp3) is 0.500. The first-order valence-corrected chi connectivity index (χ1v) is 11.3. The van der Waals surface area contributed by atoms with Crippen molar-refractivity contribution in [3.8, 4) is 0 Å². The molecule has 2 bridgehead atoms. The SMILES string of the molecule is Nc1nc(C(=O)N2C[C@H]3C[C@@H](C2)[C@H](Cc2ccccc2)N2C(=O)CCC[C@@H]32)cs1. The standard InChI is InChI=1S/C22H26N4O2S/c23-22-24-17(13-29-22)21(28)25-11-15-10-16(12-25)19(9-14-5-2-1-3-6-14)26-18(15)7-4-8-20(26)27/h1-3,5-6,13,15-16,18-19H,4,7-12H2,(H2,23,24)/t15-,16+,18+,19+/m1/s1. The van der Waals surface area contributed by atoms with Gasteiger partial charge in [0.2, 0.25) is 5.91 Å². The molecule has 0 aliphatic carbocycles. The molecule has 7 heteroatoms. The number of piperidine rings is 3. The van der Waals surface area contributed by atoms with Crippen LogP contribution in [0.3, 0.4) is 0 Å². The van der Waals surface area contributed by atoms with Gasteiger partial charge < -0.3 is 15.5 Å². The lowest BCUT2D eigenvalue weighted by Crippen LogP contribution is -2.66. The van der Waals surface area contributed by atoms with Crippen LogP contribution in [0, 0.1) is 11.8 Å². The number of carbonyl (C=O) groups is 2. The molecular formula is C22H26N4O2S. The first-order chi connectivity index (χ1) is 14.1. The van der Waals surface area contributed by atoms with Crippen molar-refractivity contribution in [2.24, 2.45) is 11.8 Å². The Labute approximate surface area is 174 Å². The van der Waals surface area contributed by atoms with E-state index < -0.39 is 0 Å². The van der Waals surface area contributed by atoms with Gasteiger partial charge in [-0.2, -0.15) is 0 Å². The van der Waals surface area contributed by atoms with E-state index in [-0.39, 0.29) is 18.0 Å². The Kier molecular flexibility index (Phi) is 4.78. The highest BCUT2D eigenvalue weighted by atomic mass is 32.1. The predicted octanol–water partition coefficient (Wildman–Crippen LogP) is 2.81. The highest BCUT2D eigenvalue weighted by Gasteiger charge is 2.50. The van der Waals surface area contributed by atoms with Crippen LogP contribution in [0.5, 0.6) is 0 Å². The van der Waals surface area contributed by atoms with E-state index in [9.17, 15) is 9.59 Å². The molecule has 1 aromatic carbocycles. The molecule has 5 rings (SSSR count). The van der Waals surface area contributed by atoms with Gasteiger partial charge in [-0.05, 0) is 43.1 Å². The van der Waals surface area contributed by atoms with Gasteiger partial charge in [-0.25, -0.2) is 4.98 Å². The second-order valence-corrected chi connectivity index (χ2v) is 9.44. The van der Waals surface area contributed by atoms with E-state index >= 15 is 0 Å². The molecule has 0 radical (unpaired) electrons. The van der Waals surface area contributed by atoms with Gasteiger partial charge in [-0.3, -0.25) is 9.59 Å². The number of nitrogens with two attached hydrogens (primary N) is 1. The third-order valence-electron chi connectivity index (χ3n) is 6.81. The molecule has 4 heterocycles. The van der Waals surface area contributed by atoms with Crippen molar-refractivity contribution in [3.05, 3.63) is 47.0 Å². The number of benzene rings is 1. The van der Waals surface area contributed by atoms with Crippen LogP contribution in [-0.2, 0) is 11.2 Å². The van der Waals surface area contributed by atoms with Crippen LogP contribution in [0.15, 0.2) is 35.7 Å². The number of hydrogen-bond donors (Lipinski definition) is 1. The molecule has 0 spiro atoms. The summed E-state index contributed by atoms with van der Waals surface area (Å²) in [7, 11) is 0. The number of aromatic nitrogens is 1. The largest absolute Gasteiger partial charge is 0.375 e. The van der Waals surface area contributed by atoms with Gasteiger partial charge >= 0.3 is 0 Å². The molecule has 1 aromatic heterocycles. The van der Waals surface area contributed by atoms with Crippen molar-refractivity contribution in [1.82, 2.24) is 14.8 Å². The van der Waals surface area contributed by atoms with E-state index in [1.54, 1.807) is 5.38 Å². The summed E-state index contributed by atoms with van der Waals surface area (Å²) in [6, 6.07) is 10.8. The summed E-state index contributed by atoms with van der Waals surface area (Å²) in [5.41, 5.74) is 7.44. The van der Waals surface area contributed by atoms with Crippen molar-refractivity contribution in [3.63, 3.8) is 0 Å². The lowest BCUT2D eigenvalue weighted by Gasteiger charge is -2.56. The minimum atomic E-state index is -0.0262. The van der Waals surface area contributed by atoms with Gasteiger partial charge in [0.1, 0.15) is 5.69 Å². The number of fused-ring (bicyclic) bond motifs is 4. The molecule has 0 unspecified atom stereocenters. The van der Waals surface area contributed by atoms with E-state index in [1.165, 1.54) is 16.9 Å². The molecule has 4 atom stereocenters. The molecule has 6 nitrogen and oxygen atoms in total. The molecule has 152 valence electrons. The number of hydrogen-bond acceptors (Lipinski definition) is 5. The molecule has 29 heavy (non-hydrogen) atoms. The van der Waals surface area contributed by atoms with Crippen LogP contribution in [-0.4, -0.2) is 51.8 Å². The van der Waals surface area contributed by atoms with Crippen molar-refractivity contribution >= 4 is 28.3 Å². The zero-order chi connectivity index (χ0) is 20.0. The minimum absolute atomic E-state index is 0.0262. The number of rotatable bonds is 3. The maximum atomic E-state index is 13.1. The molecule has 2 amide bonds. The Morgan fingerprint density at radius 2 is 2.00 bits per heavy atom. The monoisotopic (exact) mass is 410 g/mol.